The van der Waals surface area contributed by atoms with Crippen molar-refractivity contribution in [1.82, 2.24) is 4.90 Å². The Morgan fingerprint density at radius 2 is 1.64 bits per heavy atom. The second kappa shape index (κ2) is 6.54. The SMILES string of the molecule is N[C@H]1C(=O)N2C(C(=O)OC(c3ccccc3)c3ccccc3)SCC12. The average Bonchev–Trinajstić information content (AvgIpc) is 3.08. The first-order valence-electron chi connectivity index (χ1n) is 8.16. The second-order valence-corrected chi connectivity index (χ2v) is 7.28. The third kappa shape index (κ3) is 2.81. The predicted molar refractivity (Wildman–Crippen MR) is 95.7 cm³/mol. The molecule has 6 heteroatoms. The van der Waals surface area contributed by atoms with Crippen molar-refractivity contribution in [3.05, 3.63) is 71.8 Å². The standard InChI is InChI=1S/C19H18N2O3S/c20-15-14-11-25-18(21(14)17(15)22)19(23)24-16(12-7-3-1-4-8-12)13-9-5-2-6-10-13/h1-10,14-16,18H,11,20H2/t14?,15-,18?/m1/s1. The Balaban J connectivity index is 1.57. The average molecular weight is 354 g/mol. The van der Waals surface area contributed by atoms with Crippen molar-refractivity contribution in [2.24, 2.45) is 5.73 Å². The Morgan fingerprint density at radius 1 is 1.08 bits per heavy atom. The lowest BCUT2D eigenvalue weighted by Crippen LogP contribution is -2.69. The van der Waals surface area contributed by atoms with Crippen LogP contribution in [-0.2, 0) is 14.3 Å². The summed E-state index contributed by atoms with van der Waals surface area (Å²) in [5.74, 6) is 0.104. The second-order valence-electron chi connectivity index (χ2n) is 6.16. The summed E-state index contributed by atoms with van der Waals surface area (Å²) in [5, 5.41) is -0.604. The van der Waals surface area contributed by atoms with E-state index in [1.165, 1.54) is 11.8 Å². The molecule has 128 valence electrons. The highest BCUT2D eigenvalue weighted by molar-refractivity contribution is 8.00. The number of carbonyl (C=O) groups excluding carboxylic acids is 2. The van der Waals surface area contributed by atoms with Gasteiger partial charge in [-0.05, 0) is 11.1 Å². The van der Waals surface area contributed by atoms with Crippen molar-refractivity contribution >= 4 is 23.6 Å². The van der Waals surface area contributed by atoms with Gasteiger partial charge >= 0.3 is 5.97 Å². The number of rotatable bonds is 4. The molecule has 2 aromatic carbocycles. The maximum absolute atomic E-state index is 12.8. The van der Waals surface area contributed by atoms with Gasteiger partial charge in [-0.3, -0.25) is 4.79 Å². The molecule has 0 radical (unpaired) electrons. The van der Waals surface area contributed by atoms with E-state index in [4.69, 9.17) is 10.5 Å². The molecule has 0 saturated carbocycles. The van der Waals surface area contributed by atoms with Crippen LogP contribution in [-0.4, -0.2) is 40.0 Å². The van der Waals surface area contributed by atoms with E-state index in [1.54, 1.807) is 4.90 Å². The maximum atomic E-state index is 12.8. The molecule has 2 fully saturated rings. The Bertz CT molecular complexity index is 744. The number of benzene rings is 2. The highest BCUT2D eigenvalue weighted by Crippen LogP contribution is 2.39. The number of nitrogens with zero attached hydrogens (tertiary/aromatic N) is 1. The number of ether oxygens (including phenoxy) is 1. The summed E-state index contributed by atoms with van der Waals surface area (Å²) < 4.78 is 5.85. The van der Waals surface area contributed by atoms with Crippen molar-refractivity contribution in [2.45, 2.75) is 23.6 Å². The monoisotopic (exact) mass is 354 g/mol. The van der Waals surface area contributed by atoms with Crippen molar-refractivity contribution in [2.75, 3.05) is 5.75 Å². The zero-order valence-electron chi connectivity index (χ0n) is 13.4. The summed E-state index contributed by atoms with van der Waals surface area (Å²) >= 11 is 1.42. The lowest BCUT2D eigenvalue weighted by atomic mass is 9.98. The molecule has 4 rings (SSSR count). The normalized spacial score (nSPS) is 24.8. The Kier molecular flexibility index (Phi) is 4.23. The Morgan fingerprint density at radius 3 is 2.20 bits per heavy atom. The van der Waals surface area contributed by atoms with Crippen LogP contribution in [0.5, 0.6) is 0 Å². The first-order chi connectivity index (χ1) is 12.2. The van der Waals surface area contributed by atoms with Crippen LogP contribution in [0, 0.1) is 0 Å². The summed E-state index contributed by atoms with van der Waals surface area (Å²) in [7, 11) is 0. The number of hydrogen-bond acceptors (Lipinski definition) is 5. The van der Waals surface area contributed by atoms with Gasteiger partial charge in [-0.15, -0.1) is 11.8 Å². The highest BCUT2D eigenvalue weighted by Gasteiger charge is 2.55. The maximum Gasteiger partial charge on any atom is 0.340 e. The number of amides is 1. The van der Waals surface area contributed by atoms with Gasteiger partial charge in [0.05, 0.1) is 6.04 Å². The molecule has 0 aliphatic carbocycles. The molecule has 25 heavy (non-hydrogen) atoms. The molecule has 0 bridgehead atoms. The molecular formula is C19H18N2O3S. The zero-order chi connectivity index (χ0) is 17.4. The highest BCUT2D eigenvalue weighted by atomic mass is 32.2. The first-order valence-corrected chi connectivity index (χ1v) is 9.21. The molecule has 2 aromatic rings. The van der Waals surface area contributed by atoms with Crippen LogP contribution in [0.2, 0.25) is 0 Å². The predicted octanol–water partition coefficient (Wildman–Crippen LogP) is 1.93. The lowest BCUT2D eigenvalue weighted by molar-refractivity contribution is -0.162. The van der Waals surface area contributed by atoms with Gasteiger partial charge in [-0.25, -0.2) is 4.79 Å². The number of esters is 1. The molecule has 2 heterocycles. The van der Waals surface area contributed by atoms with Gasteiger partial charge in [-0.2, -0.15) is 0 Å². The molecule has 2 N–H and O–H groups in total. The molecule has 2 saturated heterocycles. The third-order valence-corrected chi connectivity index (χ3v) is 5.90. The van der Waals surface area contributed by atoms with Gasteiger partial charge in [0.1, 0.15) is 6.04 Å². The van der Waals surface area contributed by atoms with Crippen molar-refractivity contribution in [3.8, 4) is 0 Å². The van der Waals surface area contributed by atoms with Gasteiger partial charge in [0, 0.05) is 5.75 Å². The fourth-order valence-electron chi connectivity index (χ4n) is 3.27. The first kappa shape index (κ1) is 16.2. The van der Waals surface area contributed by atoms with E-state index in [9.17, 15) is 9.59 Å². The molecule has 2 unspecified atom stereocenters. The Labute approximate surface area is 150 Å². The van der Waals surface area contributed by atoms with Crippen LogP contribution in [0.15, 0.2) is 60.7 Å². The van der Waals surface area contributed by atoms with Crippen molar-refractivity contribution < 1.29 is 14.3 Å². The largest absolute Gasteiger partial charge is 0.450 e. The number of nitrogens with two attached hydrogens (primary N) is 1. The summed E-state index contributed by atoms with van der Waals surface area (Å²) in [6.45, 7) is 0. The van der Waals surface area contributed by atoms with Crippen molar-refractivity contribution in [1.29, 1.82) is 0 Å². The van der Waals surface area contributed by atoms with E-state index >= 15 is 0 Å². The van der Waals surface area contributed by atoms with E-state index in [0.717, 1.165) is 11.1 Å². The van der Waals surface area contributed by atoms with Gasteiger partial charge < -0.3 is 15.4 Å². The smallest absolute Gasteiger partial charge is 0.340 e. The zero-order valence-corrected chi connectivity index (χ0v) is 14.3. The number of thioether (sulfide) groups is 1. The van der Waals surface area contributed by atoms with Crippen LogP contribution >= 0.6 is 11.8 Å². The van der Waals surface area contributed by atoms with Gasteiger partial charge in [0.15, 0.2) is 11.5 Å². The molecule has 0 spiro atoms. The number of β-lactam (4-membered cyclic amide) rings is 1. The van der Waals surface area contributed by atoms with E-state index in [0.29, 0.717) is 5.75 Å². The summed E-state index contributed by atoms with van der Waals surface area (Å²) in [6.07, 6.45) is -0.500. The topological polar surface area (TPSA) is 72.6 Å². The minimum atomic E-state index is -0.604. The number of hydrogen-bond donors (Lipinski definition) is 1. The molecule has 1 amide bonds. The van der Waals surface area contributed by atoms with Crippen molar-refractivity contribution in [3.63, 3.8) is 0 Å². The van der Waals surface area contributed by atoms with Gasteiger partial charge in [0.2, 0.25) is 5.91 Å². The van der Waals surface area contributed by atoms with Crippen LogP contribution < -0.4 is 5.73 Å². The van der Waals surface area contributed by atoms with E-state index in [2.05, 4.69) is 0 Å². The van der Waals surface area contributed by atoms with Crippen LogP contribution in [0.1, 0.15) is 17.2 Å². The van der Waals surface area contributed by atoms with E-state index < -0.39 is 23.5 Å². The minimum absolute atomic E-state index is 0.0537. The summed E-state index contributed by atoms with van der Waals surface area (Å²) in [5.41, 5.74) is 7.59. The quantitative estimate of drug-likeness (QED) is 0.671. The lowest BCUT2D eigenvalue weighted by Gasteiger charge is -2.41. The summed E-state index contributed by atoms with van der Waals surface area (Å²) in [6, 6.07) is 18.7. The molecule has 2 aliphatic rings. The molecule has 2 aliphatic heterocycles. The Hall–Kier alpha value is -2.31. The molecule has 3 atom stereocenters. The fourth-order valence-corrected chi connectivity index (χ4v) is 4.63. The minimum Gasteiger partial charge on any atom is -0.450 e. The van der Waals surface area contributed by atoms with Crippen LogP contribution in [0.25, 0.3) is 0 Å². The molecular weight excluding hydrogens is 336 g/mol. The van der Waals surface area contributed by atoms with E-state index in [-0.39, 0.29) is 11.9 Å². The van der Waals surface area contributed by atoms with Gasteiger partial charge in [-0.1, -0.05) is 60.7 Å². The van der Waals surface area contributed by atoms with E-state index in [1.807, 2.05) is 60.7 Å². The summed E-state index contributed by atoms with van der Waals surface area (Å²) in [4.78, 5) is 26.3. The van der Waals surface area contributed by atoms with Crippen LogP contribution in [0.4, 0.5) is 0 Å². The fraction of sp³-hybridized carbons (Fsp3) is 0.263. The third-order valence-electron chi connectivity index (χ3n) is 4.63. The van der Waals surface area contributed by atoms with Gasteiger partial charge in [0.25, 0.3) is 0 Å². The van der Waals surface area contributed by atoms with Crippen LogP contribution in [0.3, 0.4) is 0 Å². The number of carbonyl (C=O) groups is 2. The molecule has 5 nitrogen and oxygen atoms in total. The molecule has 0 aromatic heterocycles. The number of fused-ring (bicyclic) bond motifs is 1.